The molecule has 0 aliphatic heterocycles. The first kappa shape index (κ1) is 11.6. The molecule has 2 N–H and O–H groups in total. The zero-order valence-corrected chi connectivity index (χ0v) is 10.8. The Kier molecular flexibility index (Phi) is 2.63. The number of nitrogens with zero attached hydrogens (tertiary/aromatic N) is 5. The van der Waals surface area contributed by atoms with Crippen molar-refractivity contribution in [1.82, 2.24) is 24.7 Å². The Morgan fingerprint density at radius 2 is 2.05 bits per heavy atom. The Bertz CT molecular complexity index is 729. The average Bonchev–Trinajstić information content (AvgIpc) is 2.80. The Morgan fingerprint density at radius 3 is 2.74 bits per heavy atom. The van der Waals surface area contributed by atoms with Crippen molar-refractivity contribution in [3.05, 3.63) is 35.9 Å². The highest BCUT2D eigenvalue weighted by Gasteiger charge is 2.15. The fraction of sp³-hybridized carbons (Fsp3) is 0.231. The molecular weight excluding hydrogens is 240 g/mol. The van der Waals surface area contributed by atoms with E-state index in [1.807, 2.05) is 26.0 Å². The summed E-state index contributed by atoms with van der Waals surface area (Å²) in [5.41, 5.74) is 8.60. The molecule has 19 heavy (non-hydrogen) atoms. The zero-order valence-electron chi connectivity index (χ0n) is 10.8. The minimum Gasteiger partial charge on any atom is -0.383 e. The predicted octanol–water partition coefficient (Wildman–Crippen LogP) is 1.66. The maximum absolute atomic E-state index is 5.92. The summed E-state index contributed by atoms with van der Waals surface area (Å²) in [6, 6.07) is 3.91. The number of anilines is 1. The van der Waals surface area contributed by atoms with E-state index >= 15 is 0 Å². The van der Waals surface area contributed by atoms with Crippen LogP contribution in [0.3, 0.4) is 0 Å². The van der Waals surface area contributed by atoms with Crippen molar-refractivity contribution in [3.8, 4) is 5.82 Å². The third-order valence-electron chi connectivity index (χ3n) is 3.01. The van der Waals surface area contributed by atoms with Crippen LogP contribution >= 0.6 is 0 Å². The minimum absolute atomic E-state index is 0.459. The molecule has 0 aliphatic carbocycles. The van der Waals surface area contributed by atoms with E-state index in [9.17, 15) is 0 Å². The van der Waals surface area contributed by atoms with E-state index < -0.39 is 0 Å². The third-order valence-corrected chi connectivity index (χ3v) is 3.01. The molecule has 3 aromatic heterocycles. The molecule has 6 nitrogen and oxygen atoms in total. The number of aromatic nitrogens is 5. The normalized spacial score (nSPS) is 11.1. The standard InChI is InChI=1S/C13H14N6/c1-3-9-11-12(14)16-7-17-13(11)19(18-9)10-5-4-8(2)6-15-10/h4-7H,3H2,1-2H3,(H2,14,16,17). The van der Waals surface area contributed by atoms with Crippen LogP contribution in [0.4, 0.5) is 5.82 Å². The highest BCUT2D eigenvalue weighted by molar-refractivity contribution is 5.88. The van der Waals surface area contributed by atoms with Gasteiger partial charge in [-0.25, -0.2) is 15.0 Å². The highest BCUT2D eigenvalue weighted by Crippen LogP contribution is 2.23. The molecule has 0 atom stereocenters. The van der Waals surface area contributed by atoms with Gasteiger partial charge < -0.3 is 5.73 Å². The van der Waals surface area contributed by atoms with Gasteiger partial charge in [-0.05, 0) is 25.0 Å². The van der Waals surface area contributed by atoms with Gasteiger partial charge >= 0.3 is 0 Å². The van der Waals surface area contributed by atoms with Crippen molar-refractivity contribution in [3.63, 3.8) is 0 Å². The molecule has 0 fully saturated rings. The Hall–Kier alpha value is -2.50. The van der Waals surface area contributed by atoms with Crippen LogP contribution in [0.2, 0.25) is 0 Å². The summed E-state index contributed by atoms with van der Waals surface area (Å²) in [6.07, 6.45) is 4.02. The van der Waals surface area contributed by atoms with Gasteiger partial charge in [0.2, 0.25) is 0 Å². The van der Waals surface area contributed by atoms with E-state index in [2.05, 4.69) is 20.1 Å². The van der Waals surface area contributed by atoms with Crippen molar-refractivity contribution in [2.75, 3.05) is 5.73 Å². The fourth-order valence-corrected chi connectivity index (χ4v) is 2.04. The van der Waals surface area contributed by atoms with Gasteiger partial charge in [-0.3, -0.25) is 0 Å². The SMILES string of the molecule is CCc1nn(-c2ccc(C)cn2)c2ncnc(N)c12. The number of nitrogen functional groups attached to an aromatic ring is 1. The zero-order chi connectivity index (χ0) is 13.4. The first-order valence-corrected chi connectivity index (χ1v) is 6.11. The van der Waals surface area contributed by atoms with Gasteiger partial charge in [-0.15, -0.1) is 0 Å². The van der Waals surface area contributed by atoms with Gasteiger partial charge in [-0.1, -0.05) is 13.0 Å². The largest absolute Gasteiger partial charge is 0.383 e. The summed E-state index contributed by atoms with van der Waals surface area (Å²) in [5.74, 6) is 1.19. The molecule has 0 radical (unpaired) electrons. The summed E-state index contributed by atoms with van der Waals surface area (Å²) in [7, 11) is 0. The molecule has 0 saturated carbocycles. The maximum atomic E-state index is 5.92. The van der Waals surface area contributed by atoms with Crippen LogP contribution in [-0.2, 0) is 6.42 Å². The highest BCUT2D eigenvalue weighted by atomic mass is 15.3. The van der Waals surface area contributed by atoms with E-state index in [1.54, 1.807) is 10.9 Å². The average molecular weight is 254 g/mol. The topological polar surface area (TPSA) is 82.5 Å². The van der Waals surface area contributed by atoms with Gasteiger partial charge in [0.05, 0.1) is 11.1 Å². The van der Waals surface area contributed by atoms with Crippen molar-refractivity contribution in [2.24, 2.45) is 0 Å². The first-order valence-electron chi connectivity index (χ1n) is 6.11. The molecule has 0 amide bonds. The summed E-state index contributed by atoms with van der Waals surface area (Å²) in [6.45, 7) is 4.02. The Balaban J connectivity index is 2.30. The quantitative estimate of drug-likeness (QED) is 0.752. The van der Waals surface area contributed by atoms with Crippen LogP contribution in [-0.4, -0.2) is 24.7 Å². The molecule has 0 aromatic carbocycles. The Morgan fingerprint density at radius 1 is 1.21 bits per heavy atom. The fourth-order valence-electron chi connectivity index (χ4n) is 2.04. The van der Waals surface area contributed by atoms with E-state index in [-0.39, 0.29) is 0 Å². The third kappa shape index (κ3) is 1.81. The summed E-state index contributed by atoms with van der Waals surface area (Å²) >= 11 is 0. The minimum atomic E-state index is 0.459. The second-order valence-corrected chi connectivity index (χ2v) is 4.36. The van der Waals surface area contributed by atoms with Gasteiger partial charge in [0, 0.05) is 6.20 Å². The smallest absolute Gasteiger partial charge is 0.170 e. The lowest BCUT2D eigenvalue weighted by Crippen LogP contribution is -2.01. The van der Waals surface area contributed by atoms with Crippen LogP contribution in [0.5, 0.6) is 0 Å². The summed E-state index contributed by atoms with van der Waals surface area (Å²) in [4.78, 5) is 12.7. The van der Waals surface area contributed by atoms with Crippen LogP contribution in [0.1, 0.15) is 18.2 Å². The molecule has 6 heteroatoms. The van der Waals surface area contributed by atoms with Crippen LogP contribution in [0.25, 0.3) is 16.9 Å². The van der Waals surface area contributed by atoms with Crippen LogP contribution in [0.15, 0.2) is 24.7 Å². The number of hydrogen-bond donors (Lipinski definition) is 1. The van der Waals surface area contributed by atoms with Crippen LogP contribution in [0, 0.1) is 6.92 Å². The Labute approximate surface area is 110 Å². The monoisotopic (exact) mass is 254 g/mol. The molecule has 96 valence electrons. The van der Waals surface area contributed by atoms with E-state index in [1.165, 1.54) is 6.33 Å². The number of rotatable bonds is 2. The van der Waals surface area contributed by atoms with Crippen LogP contribution < -0.4 is 5.73 Å². The summed E-state index contributed by atoms with van der Waals surface area (Å²) in [5, 5.41) is 5.35. The number of hydrogen-bond acceptors (Lipinski definition) is 5. The number of fused-ring (bicyclic) bond motifs is 1. The lowest BCUT2D eigenvalue weighted by molar-refractivity contribution is 0.827. The van der Waals surface area contributed by atoms with Gasteiger partial charge in [-0.2, -0.15) is 9.78 Å². The van der Waals surface area contributed by atoms with E-state index in [0.29, 0.717) is 11.5 Å². The molecule has 3 heterocycles. The molecule has 0 aliphatic rings. The number of nitrogens with two attached hydrogens (primary N) is 1. The van der Waals surface area contributed by atoms with Crippen molar-refractivity contribution >= 4 is 16.9 Å². The van der Waals surface area contributed by atoms with Crippen molar-refractivity contribution in [2.45, 2.75) is 20.3 Å². The van der Waals surface area contributed by atoms with Gasteiger partial charge in [0.25, 0.3) is 0 Å². The number of aryl methyl sites for hydroxylation is 2. The van der Waals surface area contributed by atoms with Gasteiger partial charge in [0.1, 0.15) is 12.1 Å². The summed E-state index contributed by atoms with van der Waals surface area (Å²) < 4.78 is 1.71. The molecule has 3 aromatic rings. The van der Waals surface area contributed by atoms with Crippen molar-refractivity contribution < 1.29 is 0 Å². The molecule has 0 bridgehead atoms. The number of pyridine rings is 1. The maximum Gasteiger partial charge on any atom is 0.170 e. The molecular formula is C13H14N6. The lowest BCUT2D eigenvalue weighted by atomic mass is 10.2. The van der Waals surface area contributed by atoms with E-state index in [0.717, 1.165) is 28.9 Å². The van der Waals surface area contributed by atoms with E-state index in [4.69, 9.17) is 5.73 Å². The molecule has 0 saturated heterocycles. The van der Waals surface area contributed by atoms with Gasteiger partial charge in [0.15, 0.2) is 11.5 Å². The first-order chi connectivity index (χ1) is 9.20. The molecule has 0 spiro atoms. The second kappa shape index (κ2) is 4.31. The molecule has 0 unspecified atom stereocenters. The predicted molar refractivity (Wildman–Crippen MR) is 73.0 cm³/mol. The molecule has 3 rings (SSSR count). The second-order valence-electron chi connectivity index (χ2n) is 4.36. The lowest BCUT2D eigenvalue weighted by Gasteiger charge is -2.01. The van der Waals surface area contributed by atoms with Crippen molar-refractivity contribution in [1.29, 1.82) is 0 Å².